The van der Waals surface area contributed by atoms with Crippen LogP contribution < -0.4 is 9.30 Å². The molecule has 0 saturated heterocycles. The smallest absolute Gasteiger partial charge is 0.338 e. The Labute approximate surface area is 154 Å². The van der Waals surface area contributed by atoms with Gasteiger partial charge in [-0.2, -0.15) is 4.57 Å². The molecule has 1 aliphatic heterocycles. The molecule has 0 spiro atoms. The van der Waals surface area contributed by atoms with Crippen molar-refractivity contribution < 1.29 is 23.2 Å². The molecular formula is C22H15FNO3+. The summed E-state index contributed by atoms with van der Waals surface area (Å²) in [5.41, 5.74) is 2.87. The molecule has 0 fully saturated rings. The van der Waals surface area contributed by atoms with Crippen LogP contribution in [0, 0.1) is 5.82 Å². The summed E-state index contributed by atoms with van der Waals surface area (Å²) in [7, 11) is 3.27. The zero-order valence-corrected chi connectivity index (χ0v) is 14.7. The van der Waals surface area contributed by atoms with Gasteiger partial charge in [-0.1, -0.05) is 12.1 Å². The Kier molecular flexibility index (Phi) is 3.22. The molecular weight excluding hydrogens is 345 g/mol. The minimum absolute atomic E-state index is 0.326. The summed E-state index contributed by atoms with van der Waals surface area (Å²) in [6.07, 6.45) is 0. The Bertz CT molecular complexity index is 1280. The van der Waals surface area contributed by atoms with E-state index in [1.807, 2.05) is 35.9 Å². The van der Waals surface area contributed by atoms with Gasteiger partial charge in [0.05, 0.1) is 29.0 Å². The molecule has 5 rings (SSSR count). The third kappa shape index (κ3) is 2.15. The topological polar surface area (TPSA) is 39.4 Å². The van der Waals surface area contributed by atoms with Crippen LogP contribution in [0.15, 0.2) is 54.6 Å². The number of aromatic nitrogens is 1. The van der Waals surface area contributed by atoms with E-state index in [0.29, 0.717) is 16.9 Å². The third-order valence-electron chi connectivity index (χ3n) is 5.09. The first kappa shape index (κ1) is 15.8. The highest BCUT2D eigenvalue weighted by molar-refractivity contribution is 6.13. The van der Waals surface area contributed by atoms with Gasteiger partial charge in [-0.3, -0.25) is 0 Å². The number of methoxy groups -OCH3 is 1. The molecule has 4 aromatic rings. The molecule has 0 saturated carbocycles. The van der Waals surface area contributed by atoms with E-state index in [4.69, 9.17) is 9.47 Å². The van der Waals surface area contributed by atoms with E-state index in [1.165, 1.54) is 19.2 Å². The van der Waals surface area contributed by atoms with Crippen LogP contribution in [0.25, 0.3) is 32.9 Å². The van der Waals surface area contributed by atoms with Crippen LogP contribution in [0.3, 0.4) is 0 Å². The Hall–Kier alpha value is -3.47. The van der Waals surface area contributed by atoms with E-state index in [0.717, 1.165) is 33.1 Å². The summed E-state index contributed by atoms with van der Waals surface area (Å²) in [6, 6.07) is 15.8. The molecule has 4 nitrogen and oxygen atoms in total. The van der Waals surface area contributed by atoms with Gasteiger partial charge in [0.15, 0.2) is 0 Å². The van der Waals surface area contributed by atoms with E-state index in [9.17, 15) is 9.18 Å². The van der Waals surface area contributed by atoms with Crippen molar-refractivity contribution in [1.82, 2.24) is 0 Å². The second-order valence-corrected chi connectivity index (χ2v) is 6.55. The Morgan fingerprint density at radius 3 is 2.70 bits per heavy atom. The molecule has 3 aromatic carbocycles. The molecule has 0 amide bonds. The second kappa shape index (κ2) is 5.51. The van der Waals surface area contributed by atoms with Crippen LogP contribution in [0.4, 0.5) is 4.39 Å². The SMILES string of the molecule is COC(=O)c1ccc2c3cccc4c3c([n+](C)c2c1)-c1cc(F)ccc1O4. The number of hydrogen-bond acceptors (Lipinski definition) is 3. The molecule has 1 aromatic heterocycles. The predicted molar refractivity (Wildman–Crippen MR) is 99.4 cm³/mol. The number of rotatable bonds is 1. The summed E-state index contributed by atoms with van der Waals surface area (Å²) in [4.78, 5) is 12.0. The maximum Gasteiger partial charge on any atom is 0.338 e. The number of benzene rings is 3. The molecule has 0 N–H and O–H groups in total. The highest BCUT2D eigenvalue weighted by atomic mass is 19.1. The fraction of sp³-hybridized carbons (Fsp3) is 0.0909. The van der Waals surface area contributed by atoms with Crippen LogP contribution in [-0.4, -0.2) is 13.1 Å². The fourth-order valence-electron chi connectivity index (χ4n) is 3.86. The van der Waals surface area contributed by atoms with Crippen LogP contribution in [0.1, 0.15) is 10.4 Å². The monoisotopic (exact) mass is 360 g/mol. The van der Waals surface area contributed by atoms with Crippen molar-refractivity contribution in [2.24, 2.45) is 7.05 Å². The van der Waals surface area contributed by atoms with Gasteiger partial charge in [0.25, 0.3) is 0 Å². The number of ether oxygens (including phenoxy) is 2. The summed E-state index contributed by atoms with van der Waals surface area (Å²) in [5.74, 6) is 0.620. The largest absolute Gasteiger partial charge is 0.465 e. The Balaban J connectivity index is 1.98. The minimum Gasteiger partial charge on any atom is -0.465 e. The van der Waals surface area contributed by atoms with Crippen molar-refractivity contribution >= 4 is 27.6 Å². The molecule has 132 valence electrons. The van der Waals surface area contributed by atoms with Crippen molar-refractivity contribution in [1.29, 1.82) is 0 Å². The number of nitrogens with zero attached hydrogens (tertiary/aromatic N) is 1. The number of carbonyl (C=O) groups excluding carboxylic acids is 1. The molecule has 0 atom stereocenters. The zero-order chi connectivity index (χ0) is 18.7. The van der Waals surface area contributed by atoms with E-state index in [2.05, 4.69) is 0 Å². The third-order valence-corrected chi connectivity index (χ3v) is 5.09. The standard InChI is InChI=1S/C22H15FNO3/c1-24-17-10-12(22(25)26-2)6-8-14(17)15-4-3-5-19-20(15)21(24)16-11-13(23)7-9-18(16)27-19/h3-11H,1-2H3/q+1. The lowest BCUT2D eigenvalue weighted by Gasteiger charge is -2.20. The number of carbonyl (C=O) groups is 1. The van der Waals surface area contributed by atoms with Gasteiger partial charge in [0.1, 0.15) is 24.4 Å². The number of hydrogen-bond donors (Lipinski definition) is 0. The van der Waals surface area contributed by atoms with Gasteiger partial charge in [0.2, 0.25) is 11.2 Å². The average Bonchev–Trinajstić information content (AvgIpc) is 2.70. The lowest BCUT2D eigenvalue weighted by Crippen LogP contribution is -2.33. The minimum atomic E-state index is -0.394. The van der Waals surface area contributed by atoms with Crippen LogP contribution >= 0.6 is 0 Å². The van der Waals surface area contributed by atoms with Crippen molar-refractivity contribution in [3.63, 3.8) is 0 Å². The van der Waals surface area contributed by atoms with Gasteiger partial charge < -0.3 is 9.47 Å². The lowest BCUT2D eigenvalue weighted by atomic mass is 9.95. The maximum atomic E-state index is 14.0. The summed E-state index contributed by atoms with van der Waals surface area (Å²) in [6.45, 7) is 0. The molecule has 0 unspecified atom stereocenters. The molecule has 27 heavy (non-hydrogen) atoms. The first-order valence-corrected chi connectivity index (χ1v) is 8.53. The molecule has 1 aliphatic rings. The normalized spacial score (nSPS) is 12.0. The van der Waals surface area contributed by atoms with Gasteiger partial charge in [0, 0.05) is 11.5 Å². The molecule has 0 radical (unpaired) electrons. The Morgan fingerprint density at radius 1 is 1.04 bits per heavy atom. The van der Waals surface area contributed by atoms with Gasteiger partial charge in [-0.25, -0.2) is 9.18 Å². The maximum absolute atomic E-state index is 14.0. The first-order valence-electron chi connectivity index (χ1n) is 8.53. The Morgan fingerprint density at radius 2 is 1.89 bits per heavy atom. The van der Waals surface area contributed by atoms with E-state index < -0.39 is 5.97 Å². The highest BCUT2D eigenvalue weighted by Gasteiger charge is 2.30. The fourth-order valence-corrected chi connectivity index (χ4v) is 3.86. The highest BCUT2D eigenvalue weighted by Crippen LogP contribution is 2.46. The van der Waals surface area contributed by atoms with E-state index >= 15 is 0 Å². The summed E-state index contributed by atoms with van der Waals surface area (Å²) < 4.78 is 26.9. The van der Waals surface area contributed by atoms with Crippen molar-refractivity contribution in [3.05, 3.63) is 66.0 Å². The zero-order valence-electron chi connectivity index (χ0n) is 14.7. The van der Waals surface area contributed by atoms with E-state index in [1.54, 1.807) is 18.2 Å². The number of fused-ring (bicyclic) bond motifs is 4. The first-order chi connectivity index (χ1) is 13.1. The quantitative estimate of drug-likeness (QED) is 0.251. The van der Waals surface area contributed by atoms with Crippen LogP contribution in [0.5, 0.6) is 11.5 Å². The number of halogens is 1. The van der Waals surface area contributed by atoms with Gasteiger partial charge in [-0.05, 0) is 36.4 Å². The molecule has 0 bridgehead atoms. The predicted octanol–water partition coefficient (Wildman–Crippen LogP) is 4.52. The summed E-state index contributed by atoms with van der Waals surface area (Å²) in [5, 5.41) is 2.90. The van der Waals surface area contributed by atoms with Gasteiger partial charge in [-0.15, -0.1) is 0 Å². The van der Waals surface area contributed by atoms with Crippen molar-refractivity contribution in [2.45, 2.75) is 0 Å². The van der Waals surface area contributed by atoms with Crippen LogP contribution in [0.2, 0.25) is 0 Å². The number of pyridine rings is 1. The summed E-state index contributed by atoms with van der Waals surface area (Å²) >= 11 is 0. The number of esters is 1. The molecule has 2 heterocycles. The number of aryl methyl sites for hydroxylation is 1. The van der Waals surface area contributed by atoms with Crippen molar-refractivity contribution in [3.8, 4) is 22.8 Å². The lowest BCUT2D eigenvalue weighted by molar-refractivity contribution is -0.632. The molecule has 5 heteroatoms. The average molecular weight is 360 g/mol. The van der Waals surface area contributed by atoms with Crippen molar-refractivity contribution in [2.75, 3.05) is 7.11 Å². The second-order valence-electron chi connectivity index (χ2n) is 6.55. The van der Waals surface area contributed by atoms with Crippen LogP contribution in [-0.2, 0) is 11.8 Å². The molecule has 0 aliphatic carbocycles. The van der Waals surface area contributed by atoms with E-state index in [-0.39, 0.29) is 5.82 Å². The van der Waals surface area contributed by atoms with Gasteiger partial charge >= 0.3 is 5.97 Å².